The molecule has 0 unspecified atom stereocenters. The van der Waals surface area contributed by atoms with E-state index in [-0.39, 0.29) is 0 Å². The molecular weight excluding hydrogens is 212 g/mol. The van der Waals surface area contributed by atoms with Crippen LogP contribution >= 0.6 is 0 Å². The minimum absolute atomic E-state index is 0.943. The number of aromatic nitrogens is 2. The Labute approximate surface area is 104 Å². The summed E-state index contributed by atoms with van der Waals surface area (Å²) in [5, 5.41) is 7.92. The molecule has 2 rings (SSSR count). The third kappa shape index (κ3) is 3.00. The van der Waals surface area contributed by atoms with Gasteiger partial charge in [0.05, 0.1) is 5.69 Å². The topological polar surface area (TPSA) is 33.1 Å². The van der Waals surface area contributed by atoms with Gasteiger partial charge in [0.2, 0.25) is 0 Å². The fourth-order valence-electron chi connectivity index (χ4n) is 2.36. The number of nitrogens with zero attached hydrogens (tertiary/aromatic N) is 3. The molecule has 0 amide bonds. The lowest BCUT2D eigenvalue weighted by molar-refractivity contribution is 0.313. The monoisotopic (exact) mass is 236 g/mol. The number of anilines is 1. The first-order valence-corrected chi connectivity index (χ1v) is 6.56. The average Bonchev–Trinajstić information content (AvgIpc) is 3.02. The second-order valence-corrected chi connectivity index (χ2v) is 5.21. The Bertz CT molecular complexity index is 379. The minimum atomic E-state index is 0.943. The van der Waals surface area contributed by atoms with Crippen LogP contribution in [0.1, 0.15) is 31.0 Å². The van der Waals surface area contributed by atoms with Gasteiger partial charge in [-0.05, 0) is 39.7 Å². The number of hydrogen-bond acceptors (Lipinski definition) is 3. The lowest BCUT2D eigenvalue weighted by Crippen LogP contribution is -2.21. The van der Waals surface area contributed by atoms with Gasteiger partial charge < -0.3 is 10.2 Å². The number of nitrogens with one attached hydrogen (secondary N) is 1. The highest BCUT2D eigenvalue weighted by atomic mass is 15.3. The van der Waals surface area contributed by atoms with Crippen molar-refractivity contribution in [2.45, 2.75) is 33.2 Å². The highest BCUT2D eigenvalue weighted by Gasteiger charge is 2.24. The molecule has 1 heterocycles. The van der Waals surface area contributed by atoms with Gasteiger partial charge in [0.25, 0.3) is 0 Å². The molecule has 4 nitrogen and oxygen atoms in total. The molecule has 1 aromatic rings. The number of aryl methyl sites for hydroxylation is 2. The maximum atomic E-state index is 4.50. The van der Waals surface area contributed by atoms with E-state index in [0.717, 1.165) is 24.7 Å². The van der Waals surface area contributed by atoms with Gasteiger partial charge in [0.15, 0.2) is 0 Å². The van der Waals surface area contributed by atoms with Crippen LogP contribution in [-0.2, 0) is 13.6 Å². The van der Waals surface area contributed by atoms with Crippen molar-refractivity contribution in [1.82, 2.24) is 14.7 Å². The van der Waals surface area contributed by atoms with Crippen LogP contribution in [0.5, 0.6) is 0 Å². The Kier molecular flexibility index (Phi) is 3.72. The van der Waals surface area contributed by atoms with Crippen LogP contribution < -0.4 is 5.32 Å². The predicted octanol–water partition coefficient (Wildman–Crippen LogP) is 2.00. The van der Waals surface area contributed by atoms with Gasteiger partial charge in [0, 0.05) is 32.2 Å². The van der Waals surface area contributed by atoms with Gasteiger partial charge in [-0.2, -0.15) is 5.10 Å². The van der Waals surface area contributed by atoms with Gasteiger partial charge >= 0.3 is 0 Å². The SMILES string of the molecule is CCNc1c(CN(C)CC2CC2)c(C)nn1C. The quantitative estimate of drug-likeness (QED) is 0.820. The van der Waals surface area contributed by atoms with Gasteiger partial charge in [-0.3, -0.25) is 4.68 Å². The molecule has 1 aliphatic carbocycles. The molecule has 1 N–H and O–H groups in total. The molecule has 0 atom stereocenters. The summed E-state index contributed by atoms with van der Waals surface area (Å²) in [6, 6.07) is 0. The summed E-state index contributed by atoms with van der Waals surface area (Å²) in [6.07, 6.45) is 2.83. The van der Waals surface area contributed by atoms with Crippen molar-refractivity contribution < 1.29 is 0 Å². The Balaban J connectivity index is 2.06. The van der Waals surface area contributed by atoms with E-state index in [9.17, 15) is 0 Å². The minimum Gasteiger partial charge on any atom is -0.370 e. The van der Waals surface area contributed by atoms with Crippen molar-refractivity contribution in [3.05, 3.63) is 11.3 Å². The van der Waals surface area contributed by atoms with E-state index in [4.69, 9.17) is 0 Å². The van der Waals surface area contributed by atoms with Crippen LogP contribution in [0.25, 0.3) is 0 Å². The molecular formula is C13H24N4. The molecule has 0 saturated heterocycles. The Morgan fingerprint density at radius 1 is 1.47 bits per heavy atom. The smallest absolute Gasteiger partial charge is 0.128 e. The molecule has 0 radical (unpaired) electrons. The highest BCUT2D eigenvalue weighted by molar-refractivity contribution is 5.47. The Hall–Kier alpha value is -1.03. The van der Waals surface area contributed by atoms with Crippen molar-refractivity contribution in [3.8, 4) is 0 Å². The Morgan fingerprint density at radius 3 is 2.76 bits per heavy atom. The second-order valence-electron chi connectivity index (χ2n) is 5.21. The fraction of sp³-hybridized carbons (Fsp3) is 0.769. The van der Waals surface area contributed by atoms with Gasteiger partial charge in [-0.1, -0.05) is 0 Å². The van der Waals surface area contributed by atoms with E-state index < -0.39 is 0 Å². The standard InChI is InChI=1S/C13H24N4/c1-5-14-13-12(10(2)15-17(13)4)9-16(3)8-11-6-7-11/h11,14H,5-9H2,1-4H3. The largest absolute Gasteiger partial charge is 0.370 e. The van der Waals surface area contributed by atoms with Crippen molar-refractivity contribution in [1.29, 1.82) is 0 Å². The first-order valence-electron chi connectivity index (χ1n) is 6.56. The van der Waals surface area contributed by atoms with Crippen LogP contribution in [0.15, 0.2) is 0 Å². The third-order valence-electron chi connectivity index (χ3n) is 3.39. The van der Waals surface area contributed by atoms with Gasteiger partial charge in [0.1, 0.15) is 5.82 Å². The lowest BCUT2D eigenvalue weighted by atomic mass is 10.2. The zero-order chi connectivity index (χ0) is 12.4. The molecule has 0 bridgehead atoms. The Morgan fingerprint density at radius 2 is 2.18 bits per heavy atom. The zero-order valence-corrected chi connectivity index (χ0v) is 11.5. The van der Waals surface area contributed by atoms with Crippen molar-refractivity contribution >= 4 is 5.82 Å². The molecule has 1 fully saturated rings. The molecule has 1 aromatic heterocycles. The summed E-state index contributed by atoms with van der Waals surface area (Å²) in [6.45, 7) is 7.39. The van der Waals surface area contributed by atoms with Crippen LogP contribution in [0.2, 0.25) is 0 Å². The summed E-state index contributed by atoms with van der Waals surface area (Å²) in [5.74, 6) is 2.12. The third-order valence-corrected chi connectivity index (χ3v) is 3.39. The van der Waals surface area contributed by atoms with Gasteiger partial charge in [-0.15, -0.1) is 0 Å². The fourth-order valence-corrected chi connectivity index (χ4v) is 2.36. The van der Waals surface area contributed by atoms with E-state index >= 15 is 0 Å². The molecule has 4 heteroatoms. The van der Waals surface area contributed by atoms with Crippen LogP contribution in [0.4, 0.5) is 5.82 Å². The van der Waals surface area contributed by atoms with E-state index in [1.807, 2.05) is 11.7 Å². The zero-order valence-electron chi connectivity index (χ0n) is 11.5. The molecule has 0 aromatic carbocycles. The van der Waals surface area contributed by atoms with E-state index in [0.29, 0.717) is 0 Å². The van der Waals surface area contributed by atoms with Crippen LogP contribution in [0, 0.1) is 12.8 Å². The summed E-state index contributed by atoms with van der Waals surface area (Å²) in [7, 11) is 4.22. The number of hydrogen-bond donors (Lipinski definition) is 1. The van der Waals surface area contributed by atoms with Crippen LogP contribution in [-0.4, -0.2) is 34.8 Å². The first kappa shape index (κ1) is 12.4. The van der Waals surface area contributed by atoms with E-state index in [1.54, 1.807) is 0 Å². The molecule has 1 saturated carbocycles. The average molecular weight is 236 g/mol. The summed E-state index contributed by atoms with van der Waals surface area (Å²) in [5.41, 5.74) is 2.49. The van der Waals surface area contributed by atoms with Crippen molar-refractivity contribution in [2.75, 3.05) is 25.5 Å². The summed E-state index contributed by atoms with van der Waals surface area (Å²) >= 11 is 0. The maximum Gasteiger partial charge on any atom is 0.128 e. The number of rotatable bonds is 6. The molecule has 0 spiro atoms. The summed E-state index contributed by atoms with van der Waals surface area (Å²) < 4.78 is 1.96. The predicted molar refractivity (Wildman–Crippen MR) is 71.2 cm³/mol. The molecule has 96 valence electrons. The van der Waals surface area contributed by atoms with E-state index in [2.05, 4.69) is 36.2 Å². The summed E-state index contributed by atoms with van der Waals surface area (Å²) in [4.78, 5) is 2.42. The molecule has 17 heavy (non-hydrogen) atoms. The maximum absolute atomic E-state index is 4.50. The molecule has 1 aliphatic rings. The lowest BCUT2D eigenvalue weighted by Gasteiger charge is -2.17. The van der Waals surface area contributed by atoms with Crippen LogP contribution in [0.3, 0.4) is 0 Å². The first-order chi connectivity index (χ1) is 8.11. The van der Waals surface area contributed by atoms with Crippen molar-refractivity contribution in [2.24, 2.45) is 13.0 Å². The normalized spacial score (nSPS) is 15.6. The van der Waals surface area contributed by atoms with Crippen molar-refractivity contribution in [3.63, 3.8) is 0 Å². The second kappa shape index (κ2) is 5.08. The van der Waals surface area contributed by atoms with Gasteiger partial charge in [-0.25, -0.2) is 0 Å². The highest BCUT2D eigenvalue weighted by Crippen LogP contribution is 2.30. The van der Waals surface area contributed by atoms with E-state index in [1.165, 1.54) is 30.8 Å². The molecule has 0 aliphatic heterocycles.